The molecule has 3 rings (SSSR count). The van der Waals surface area contributed by atoms with Gasteiger partial charge in [-0.1, -0.05) is 0 Å². The molecule has 1 aromatic rings. The van der Waals surface area contributed by atoms with Crippen molar-refractivity contribution in [2.24, 2.45) is 5.73 Å². The number of aromatic nitrogens is 2. The molecule has 2 fully saturated rings. The van der Waals surface area contributed by atoms with Crippen molar-refractivity contribution in [3.05, 3.63) is 15.8 Å². The third-order valence-corrected chi connectivity index (χ3v) is 5.14. The summed E-state index contributed by atoms with van der Waals surface area (Å²) in [5, 5.41) is 15.9. The third kappa shape index (κ3) is 3.94. The number of nitro groups is 1. The molecule has 2 heterocycles. The molecule has 2 N–H and O–H groups in total. The summed E-state index contributed by atoms with van der Waals surface area (Å²) in [6.45, 7) is 6.07. The molecule has 0 aromatic carbocycles. The Kier molecular flexibility index (Phi) is 5.87. The minimum absolute atomic E-state index is 0.0214. The minimum Gasteiger partial charge on any atom is -0.472 e. The van der Waals surface area contributed by atoms with Gasteiger partial charge in [0.1, 0.15) is 5.69 Å². The van der Waals surface area contributed by atoms with E-state index in [0.717, 1.165) is 45.6 Å². The number of rotatable bonds is 7. The fraction of sp³-hybridized carbons (Fsp3) is 0.812. The summed E-state index contributed by atoms with van der Waals surface area (Å²) in [7, 11) is 0. The van der Waals surface area contributed by atoms with Crippen LogP contribution >= 0.6 is 0 Å². The van der Waals surface area contributed by atoms with Gasteiger partial charge in [-0.05, 0) is 39.2 Å². The van der Waals surface area contributed by atoms with Gasteiger partial charge in [0.05, 0.1) is 30.8 Å². The summed E-state index contributed by atoms with van der Waals surface area (Å²) in [5.41, 5.74) is 6.01. The van der Waals surface area contributed by atoms with E-state index in [-0.39, 0.29) is 17.6 Å². The molecule has 0 bridgehead atoms. The van der Waals surface area contributed by atoms with Gasteiger partial charge in [0.25, 0.3) is 0 Å². The molecule has 1 saturated heterocycles. The van der Waals surface area contributed by atoms with Gasteiger partial charge >= 0.3 is 11.6 Å². The van der Waals surface area contributed by atoms with Gasteiger partial charge in [0, 0.05) is 19.1 Å². The molecule has 9 heteroatoms. The Labute approximate surface area is 147 Å². The number of hydrogen-bond acceptors (Lipinski definition) is 7. The number of morpholine rings is 1. The number of nitrogens with two attached hydrogens (primary N) is 1. The SMILES string of the molecule is Cc1c([N+](=O)[O-])c(OCCCN)nn1C1CCC(N2CCOCC2)C1. The maximum atomic E-state index is 11.4. The van der Waals surface area contributed by atoms with Crippen LogP contribution in [0.25, 0.3) is 0 Å². The van der Waals surface area contributed by atoms with Gasteiger partial charge < -0.3 is 15.2 Å². The predicted octanol–water partition coefficient (Wildman–Crippen LogP) is 1.25. The van der Waals surface area contributed by atoms with Crippen LogP contribution in [-0.2, 0) is 4.74 Å². The highest BCUT2D eigenvalue weighted by Gasteiger charge is 2.35. The van der Waals surface area contributed by atoms with Crippen LogP contribution in [0.4, 0.5) is 5.69 Å². The lowest BCUT2D eigenvalue weighted by atomic mass is 10.2. The van der Waals surface area contributed by atoms with Gasteiger partial charge in [0.15, 0.2) is 0 Å². The van der Waals surface area contributed by atoms with Crippen LogP contribution in [0.15, 0.2) is 0 Å². The zero-order chi connectivity index (χ0) is 17.8. The highest BCUT2D eigenvalue weighted by atomic mass is 16.6. The van der Waals surface area contributed by atoms with Crippen molar-refractivity contribution in [1.29, 1.82) is 0 Å². The monoisotopic (exact) mass is 353 g/mol. The zero-order valence-corrected chi connectivity index (χ0v) is 14.7. The molecule has 9 nitrogen and oxygen atoms in total. The first-order valence-electron chi connectivity index (χ1n) is 9.00. The first-order chi connectivity index (χ1) is 12.1. The Hall–Kier alpha value is -1.71. The molecule has 25 heavy (non-hydrogen) atoms. The molecule has 2 aliphatic rings. The lowest BCUT2D eigenvalue weighted by molar-refractivity contribution is -0.386. The van der Waals surface area contributed by atoms with Crippen LogP contribution < -0.4 is 10.5 Å². The maximum Gasteiger partial charge on any atom is 0.352 e. The molecule has 0 amide bonds. The van der Waals surface area contributed by atoms with Crippen LogP contribution in [0.2, 0.25) is 0 Å². The summed E-state index contributed by atoms with van der Waals surface area (Å²) in [6.07, 6.45) is 3.67. The molecule has 1 aromatic heterocycles. The fourth-order valence-electron chi connectivity index (χ4n) is 3.83. The molecule has 1 aliphatic carbocycles. The van der Waals surface area contributed by atoms with E-state index in [1.54, 1.807) is 11.6 Å². The Morgan fingerprint density at radius 1 is 1.36 bits per heavy atom. The van der Waals surface area contributed by atoms with E-state index < -0.39 is 4.92 Å². The normalized spacial score (nSPS) is 24.6. The molecule has 140 valence electrons. The van der Waals surface area contributed by atoms with Gasteiger partial charge in [-0.3, -0.25) is 19.7 Å². The molecule has 1 saturated carbocycles. The molecule has 2 unspecified atom stereocenters. The third-order valence-electron chi connectivity index (χ3n) is 5.14. The lowest BCUT2D eigenvalue weighted by Crippen LogP contribution is -2.42. The number of ether oxygens (including phenoxy) is 2. The predicted molar refractivity (Wildman–Crippen MR) is 91.9 cm³/mol. The topological polar surface area (TPSA) is 109 Å². The number of hydrogen-bond donors (Lipinski definition) is 1. The standard InChI is InChI=1S/C16H27N5O4/c1-12-15(21(22)23)16(25-8-2-5-17)18-20(12)14-4-3-13(11-14)19-6-9-24-10-7-19/h13-14H,2-11,17H2,1H3. The Morgan fingerprint density at radius 3 is 2.76 bits per heavy atom. The van der Waals surface area contributed by atoms with Crippen LogP contribution in [0.3, 0.4) is 0 Å². The second-order valence-corrected chi connectivity index (χ2v) is 6.70. The molecule has 2 atom stereocenters. The van der Waals surface area contributed by atoms with Crippen molar-refractivity contribution < 1.29 is 14.4 Å². The maximum absolute atomic E-state index is 11.4. The van der Waals surface area contributed by atoms with Crippen LogP contribution in [-0.4, -0.2) is 65.1 Å². The van der Waals surface area contributed by atoms with Gasteiger partial charge in [-0.2, -0.15) is 0 Å². The zero-order valence-electron chi connectivity index (χ0n) is 14.7. The first kappa shape index (κ1) is 18.1. The average molecular weight is 353 g/mol. The molecule has 0 spiro atoms. The van der Waals surface area contributed by atoms with E-state index in [2.05, 4.69) is 10.00 Å². The van der Waals surface area contributed by atoms with Crippen molar-refractivity contribution >= 4 is 5.69 Å². The van der Waals surface area contributed by atoms with Gasteiger partial charge in [-0.15, -0.1) is 5.10 Å². The second-order valence-electron chi connectivity index (χ2n) is 6.70. The summed E-state index contributed by atoms with van der Waals surface area (Å²) < 4.78 is 12.7. The largest absolute Gasteiger partial charge is 0.472 e. The Morgan fingerprint density at radius 2 is 2.08 bits per heavy atom. The molecular weight excluding hydrogens is 326 g/mol. The quantitative estimate of drug-likeness (QED) is 0.446. The van der Waals surface area contributed by atoms with E-state index in [1.165, 1.54) is 0 Å². The van der Waals surface area contributed by atoms with Crippen molar-refractivity contribution in [2.45, 2.75) is 44.7 Å². The van der Waals surface area contributed by atoms with Crippen molar-refractivity contribution in [2.75, 3.05) is 39.5 Å². The van der Waals surface area contributed by atoms with Crippen molar-refractivity contribution in [3.8, 4) is 5.88 Å². The Bertz CT molecular complexity index is 600. The second kappa shape index (κ2) is 8.11. The summed E-state index contributed by atoms with van der Waals surface area (Å²) in [4.78, 5) is 13.5. The summed E-state index contributed by atoms with van der Waals surface area (Å²) in [5.74, 6) is 0.116. The Balaban J connectivity index is 1.73. The van der Waals surface area contributed by atoms with E-state index in [9.17, 15) is 10.1 Å². The van der Waals surface area contributed by atoms with Gasteiger partial charge in [0.2, 0.25) is 0 Å². The molecule has 0 radical (unpaired) electrons. The van der Waals surface area contributed by atoms with E-state index in [4.69, 9.17) is 15.2 Å². The van der Waals surface area contributed by atoms with E-state index in [1.807, 2.05) is 0 Å². The molecule has 1 aliphatic heterocycles. The van der Waals surface area contributed by atoms with Gasteiger partial charge in [-0.25, -0.2) is 0 Å². The highest BCUT2D eigenvalue weighted by Crippen LogP contribution is 2.38. The molecular formula is C16H27N5O4. The minimum atomic E-state index is -0.398. The van der Waals surface area contributed by atoms with E-state index in [0.29, 0.717) is 31.3 Å². The van der Waals surface area contributed by atoms with Crippen LogP contribution in [0.5, 0.6) is 5.88 Å². The number of nitrogens with zero attached hydrogens (tertiary/aromatic N) is 4. The smallest absolute Gasteiger partial charge is 0.352 e. The van der Waals surface area contributed by atoms with E-state index >= 15 is 0 Å². The average Bonchev–Trinajstić information content (AvgIpc) is 3.20. The first-order valence-corrected chi connectivity index (χ1v) is 9.00. The fourth-order valence-corrected chi connectivity index (χ4v) is 3.83. The van der Waals surface area contributed by atoms with Crippen LogP contribution in [0, 0.1) is 17.0 Å². The summed E-state index contributed by atoms with van der Waals surface area (Å²) in [6, 6.07) is 0.677. The summed E-state index contributed by atoms with van der Waals surface area (Å²) >= 11 is 0. The highest BCUT2D eigenvalue weighted by molar-refractivity contribution is 5.45. The van der Waals surface area contributed by atoms with Crippen LogP contribution in [0.1, 0.15) is 37.4 Å². The van der Waals surface area contributed by atoms with Crippen molar-refractivity contribution in [1.82, 2.24) is 14.7 Å². The van der Waals surface area contributed by atoms with Crippen molar-refractivity contribution in [3.63, 3.8) is 0 Å². The lowest BCUT2D eigenvalue weighted by Gasteiger charge is -2.32.